The second-order valence-corrected chi connectivity index (χ2v) is 7.03. The van der Waals surface area contributed by atoms with Crippen molar-refractivity contribution in [3.63, 3.8) is 0 Å². The molecule has 0 atom stereocenters. The van der Waals surface area contributed by atoms with Crippen LogP contribution in [0.2, 0.25) is 0 Å². The Kier molecular flexibility index (Phi) is 4.08. The molecule has 2 aromatic heterocycles. The van der Waals surface area contributed by atoms with Crippen LogP contribution in [0.15, 0.2) is 36.5 Å². The highest BCUT2D eigenvalue weighted by Crippen LogP contribution is 2.28. The van der Waals surface area contributed by atoms with Gasteiger partial charge in [-0.2, -0.15) is 0 Å². The van der Waals surface area contributed by atoms with Gasteiger partial charge in [-0.05, 0) is 19.9 Å². The van der Waals surface area contributed by atoms with Crippen molar-refractivity contribution in [1.82, 2.24) is 19.6 Å². The first-order valence-electron chi connectivity index (χ1n) is 8.28. The van der Waals surface area contributed by atoms with Crippen LogP contribution in [0.1, 0.15) is 21.8 Å². The maximum Gasteiger partial charge on any atom is 0.265 e. The first-order valence-corrected chi connectivity index (χ1v) is 9.09. The Bertz CT molecular complexity index is 860. The molecular weight excluding hydrogens is 320 g/mol. The van der Waals surface area contributed by atoms with Gasteiger partial charge in [0, 0.05) is 37.1 Å². The number of nitrogens with zero attached hydrogens (tertiary/aromatic N) is 3. The molecule has 1 aliphatic rings. The normalized spacial score (nSPS) is 15.6. The van der Waals surface area contributed by atoms with Gasteiger partial charge in [-0.25, -0.2) is 4.98 Å². The fourth-order valence-electron chi connectivity index (χ4n) is 3.09. The molecule has 0 saturated carbocycles. The molecule has 124 valence electrons. The molecule has 1 saturated heterocycles. The number of fused-ring (bicyclic) bond motifs is 1. The van der Waals surface area contributed by atoms with Crippen LogP contribution in [0.3, 0.4) is 0 Å². The van der Waals surface area contributed by atoms with Crippen LogP contribution >= 0.6 is 11.3 Å². The molecule has 0 radical (unpaired) electrons. The minimum Gasteiger partial charge on any atom is -0.337 e. The Labute approximate surface area is 144 Å². The number of rotatable bonds is 2. The van der Waals surface area contributed by atoms with Crippen molar-refractivity contribution in [1.29, 1.82) is 0 Å². The van der Waals surface area contributed by atoms with E-state index in [4.69, 9.17) is 4.98 Å². The van der Waals surface area contributed by atoms with E-state index in [2.05, 4.69) is 17.4 Å². The van der Waals surface area contributed by atoms with E-state index in [9.17, 15) is 4.79 Å². The number of hydrogen-bond acceptors (Lipinski definition) is 4. The van der Waals surface area contributed by atoms with Crippen molar-refractivity contribution >= 4 is 22.2 Å². The molecule has 1 aromatic carbocycles. The highest BCUT2D eigenvalue weighted by Gasteiger charge is 2.23. The summed E-state index contributed by atoms with van der Waals surface area (Å²) in [7, 11) is 0. The Morgan fingerprint density at radius 3 is 2.83 bits per heavy atom. The predicted molar refractivity (Wildman–Crippen MR) is 96.6 cm³/mol. The minimum atomic E-state index is 0.132. The third kappa shape index (κ3) is 2.72. The molecule has 24 heavy (non-hydrogen) atoms. The maximum atomic E-state index is 12.9. The van der Waals surface area contributed by atoms with Crippen molar-refractivity contribution < 1.29 is 4.79 Å². The largest absolute Gasteiger partial charge is 0.337 e. The quantitative estimate of drug-likeness (QED) is 0.780. The van der Waals surface area contributed by atoms with Gasteiger partial charge in [0.25, 0.3) is 5.91 Å². The average Bonchev–Trinajstić information content (AvgIpc) is 3.02. The second kappa shape index (κ2) is 6.37. The molecule has 5 nitrogen and oxygen atoms in total. The highest BCUT2D eigenvalue weighted by atomic mass is 32.1. The predicted octanol–water partition coefficient (Wildman–Crippen LogP) is 2.81. The topological polar surface area (TPSA) is 49.6 Å². The van der Waals surface area contributed by atoms with Crippen LogP contribution in [0.4, 0.5) is 0 Å². The lowest BCUT2D eigenvalue weighted by molar-refractivity contribution is 0.0770. The van der Waals surface area contributed by atoms with Crippen molar-refractivity contribution in [2.24, 2.45) is 0 Å². The van der Waals surface area contributed by atoms with Gasteiger partial charge in [-0.15, -0.1) is 0 Å². The summed E-state index contributed by atoms with van der Waals surface area (Å²) >= 11 is 1.49. The summed E-state index contributed by atoms with van der Waals surface area (Å²) < 4.78 is 2.04. The number of aromatic nitrogens is 2. The number of carbonyl (C=O) groups is 1. The minimum absolute atomic E-state index is 0.132. The van der Waals surface area contributed by atoms with Crippen molar-refractivity contribution in [3.8, 4) is 11.3 Å². The molecule has 1 amide bonds. The Balaban J connectivity index is 1.66. The Hall–Kier alpha value is -2.18. The van der Waals surface area contributed by atoms with E-state index in [1.807, 2.05) is 40.6 Å². The molecule has 1 fully saturated rings. The molecule has 3 aromatic rings. The van der Waals surface area contributed by atoms with Gasteiger partial charge < -0.3 is 10.2 Å². The summed E-state index contributed by atoms with van der Waals surface area (Å²) in [6.07, 6.45) is 3.03. The van der Waals surface area contributed by atoms with E-state index in [1.165, 1.54) is 11.3 Å². The molecule has 0 bridgehead atoms. The van der Waals surface area contributed by atoms with Crippen LogP contribution in [0.5, 0.6) is 0 Å². The zero-order valence-electron chi connectivity index (χ0n) is 13.7. The van der Waals surface area contributed by atoms with Crippen molar-refractivity contribution in [2.75, 3.05) is 26.2 Å². The summed E-state index contributed by atoms with van der Waals surface area (Å²) in [6, 6.07) is 10.1. The standard InChI is InChI=1S/C18H20N4OS/c1-13-16(17(23)21-10-5-8-19-9-11-21)24-18-20-15(12-22(13)18)14-6-3-2-4-7-14/h2-4,6-7,12,19H,5,8-11H2,1H3. The van der Waals surface area contributed by atoms with Gasteiger partial charge in [0.15, 0.2) is 4.96 Å². The van der Waals surface area contributed by atoms with Gasteiger partial charge in [0.05, 0.1) is 5.69 Å². The smallest absolute Gasteiger partial charge is 0.265 e. The third-order valence-electron chi connectivity index (χ3n) is 4.45. The van der Waals surface area contributed by atoms with E-state index < -0.39 is 0 Å². The van der Waals surface area contributed by atoms with Crippen molar-refractivity contribution in [2.45, 2.75) is 13.3 Å². The molecular formula is C18H20N4OS. The first-order chi connectivity index (χ1) is 11.7. The fourth-order valence-corrected chi connectivity index (χ4v) is 4.17. The van der Waals surface area contributed by atoms with Crippen LogP contribution in [0, 0.1) is 6.92 Å². The maximum absolute atomic E-state index is 12.9. The summed E-state index contributed by atoms with van der Waals surface area (Å²) in [5.41, 5.74) is 3.02. The SMILES string of the molecule is Cc1c(C(=O)N2CCCNCC2)sc2nc(-c3ccccc3)cn12. The molecule has 0 unspecified atom stereocenters. The van der Waals surface area contributed by atoms with E-state index in [-0.39, 0.29) is 5.91 Å². The van der Waals surface area contributed by atoms with Crippen LogP contribution in [-0.4, -0.2) is 46.4 Å². The van der Waals surface area contributed by atoms with Gasteiger partial charge in [-0.3, -0.25) is 9.20 Å². The third-order valence-corrected chi connectivity index (χ3v) is 5.59. The molecule has 1 aliphatic heterocycles. The zero-order chi connectivity index (χ0) is 16.5. The number of carbonyl (C=O) groups excluding carboxylic acids is 1. The molecule has 0 spiro atoms. The van der Waals surface area contributed by atoms with Crippen LogP contribution in [0.25, 0.3) is 16.2 Å². The van der Waals surface area contributed by atoms with E-state index in [1.54, 1.807) is 0 Å². The Morgan fingerprint density at radius 1 is 1.21 bits per heavy atom. The van der Waals surface area contributed by atoms with Crippen molar-refractivity contribution in [3.05, 3.63) is 47.1 Å². The summed E-state index contributed by atoms with van der Waals surface area (Å²) in [6.45, 7) is 5.44. The van der Waals surface area contributed by atoms with E-state index in [0.29, 0.717) is 0 Å². The highest BCUT2D eigenvalue weighted by molar-refractivity contribution is 7.19. The number of benzene rings is 1. The average molecular weight is 340 g/mol. The number of amides is 1. The fraction of sp³-hybridized carbons (Fsp3) is 0.333. The van der Waals surface area contributed by atoms with Gasteiger partial charge in [0.1, 0.15) is 4.88 Å². The molecule has 1 N–H and O–H groups in total. The van der Waals surface area contributed by atoms with Crippen LogP contribution in [-0.2, 0) is 0 Å². The number of aryl methyl sites for hydroxylation is 1. The number of hydrogen-bond donors (Lipinski definition) is 1. The monoisotopic (exact) mass is 340 g/mol. The first kappa shape index (κ1) is 15.4. The number of nitrogens with one attached hydrogen (secondary N) is 1. The molecule has 3 heterocycles. The zero-order valence-corrected chi connectivity index (χ0v) is 14.5. The summed E-state index contributed by atoms with van der Waals surface area (Å²) in [5, 5.41) is 3.34. The van der Waals surface area contributed by atoms with E-state index in [0.717, 1.165) is 59.4 Å². The molecule has 0 aliphatic carbocycles. The summed E-state index contributed by atoms with van der Waals surface area (Å²) in [4.78, 5) is 21.2. The lowest BCUT2D eigenvalue weighted by Crippen LogP contribution is -2.34. The summed E-state index contributed by atoms with van der Waals surface area (Å²) in [5.74, 6) is 0.132. The number of imidazole rings is 1. The van der Waals surface area contributed by atoms with Gasteiger partial charge in [-0.1, -0.05) is 41.7 Å². The molecule has 4 rings (SSSR count). The molecule has 6 heteroatoms. The lowest BCUT2D eigenvalue weighted by Gasteiger charge is -2.19. The van der Waals surface area contributed by atoms with Gasteiger partial charge >= 0.3 is 0 Å². The van der Waals surface area contributed by atoms with Gasteiger partial charge in [0.2, 0.25) is 0 Å². The lowest BCUT2D eigenvalue weighted by atomic mass is 10.2. The second-order valence-electron chi connectivity index (χ2n) is 6.06. The Morgan fingerprint density at radius 2 is 2.04 bits per heavy atom. The van der Waals surface area contributed by atoms with E-state index >= 15 is 0 Å². The number of thiazole rings is 1. The van der Waals surface area contributed by atoms with Crippen LogP contribution < -0.4 is 5.32 Å².